The molecule has 0 saturated carbocycles. The predicted octanol–water partition coefficient (Wildman–Crippen LogP) is 1.64. The summed E-state index contributed by atoms with van der Waals surface area (Å²) < 4.78 is 5.74. The predicted molar refractivity (Wildman–Crippen MR) is 74.4 cm³/mol. The number of carboxylic acids is 1. The number of ether oxygens (including phenoxy) is 1. The highest BCUT2D eigenvalue weighted by atomic mass is 16.5. The van der Waals surface area contributed by atoms with E-state index in [4.69, 9.17) is 9.84 Å². The van der Waals surface area contributed by atoms with Crippen molar-refractivity contribution >= 4 is 17.4 Å². The fraction of sp³-hybridized carbons (Fsp3) is 0.333. The van der Waals surface area contributed by atoms with E-state index in [1.807, 2.05) is 31.2 Å². The van der Waals surface area contributed by atoms with Gasteiger partial charge in [0.25, 0.3) is 0 Å². The molecule has 0 atom stereocenters. The summed E-state index contributed by atoms with van der Waals surface area (Å²) in [6, 6.07) is 7.64. The van der Waals surface area contributed by atoms with Crippen LogP contribution in [0.3, 0.4) is 0 Å². The number of nitrogens with zero attached hydrogens (tertiary/aromatic N) is 1. The van der Waals surface area contributed by atoms with E-state index >= 15 is 0 Å². The van der Waals surface area contributed by atoms with E-state index in [2.05, 4.69) is 6.58 Å². The van der Waals surface area contributed by atoms with Crippen LogP contribution >= 0.6 is 0 Å². The molecule has 1 heterocycles. The summed E-state index contributed by atoms with van der Waals surface area (Å²) in [7, 11) is 0. The number of carboxylic acid groups (broad SMARTS) is 1. The Hall–Kier alpha value is -2.30. The number of carbonyl (C=O) groups excluding carboxylic acids is 1. The molecule has 0 radical (unpaired) electrons. The van der Waals surface area contributed by atoms with Crippen LogP contribution in [0.2, 0.25) is 0 Å². The number of aliphatic carboxylic acids is 1. The van der Waals surface area contributed by atoms with Gasteiger partial charge in [0.1, 0.15) is 5.75 Å². The minimum absolute atomic E-state index is 0.177. The molecule has 1 aromatic rings. The molecule has 1 aliphatic heterocycles. The number of hydrogen-bond donors (Lipinski definition) is 1. The topological polar surface area (TPSA) is 66.8 Å². The molecule has 106 valence electrons. The summed E-state index contributed by atoms with van der Waals surface area (Å²) in [6.07, 6.45) is 0. The first-order chi connectivity index (χ1) is 9.49. The first-order valence-corrected chi connectivity index (χ1v) is 6.39. The lowest BCUT2D eigenvalue weighted by Gasteiger charge is -2.37. The highest BCUT2D eigenvalue weighted by Gasteiger charge is 2.34. The SMILES string of the molecule is C=C(C)c1ccccc1OCC1CN(C(=O)C(=O)O)C1. The maximum Gasteiger partial charge on any atom is 0.394 e. The Bertz CT molecular complexity index is 547. The van der Waals surface area contributed by atoms with Crippen LogP contribution < -0.4 is 4.74 Å². The van der Waals surface area contributed by atoms with Crippen molar-refractivity contribution < 1.29 is 19.4 Å². The maximum absolute atomic E-state index is 11.2. The molecular weight excluding hydrogens is 258 g/mol. The van der Waals surface area contributed by atoms with E-state index in [9.17, 15) is 9.59 Å². The van der Waals surface area contributed by atoms with Gasteiger partial charge in [-0.05, 0) is 18.6 Å². The molecule has 1 saturated heterocycles. The van der Waals surface area contributed by atoms with E-state index in [1.54, 1.807) is 0 Å². The molecule has 1 aromatic carbocycles. The Kier molecular flexibility index (Phi) is 4.08. The lowest BCUT2D eigenvalue weighted by Crippen LogP contribution is -2.54. The maximum atomic E-state index is 11.2. The molecule has 1 amide bonds. The Morgan fingerprint density at radius 2 is 2.05 bits per heavy atom. The minimum atomic E-state index is -1.41. The largest absolute Gasteiger partial charge is 0.493 e. The molecule has 0 bridgehead atoms. The van der Waals surface area contributed by atoms with Gasteiger partial charge < -0.3 is 14.7 Å². The van der Waals surface area contributed by atoms with Gasteiger partial charge in [-0.15, -0.1) is 0 Å². The summed E-state index contributed by atoms with van der Waals surface area (Å²) in [6.45, 7) is 7.15. The molecule has 0 aliphatic carbocycles. The summed E-state index contributed by atoms with van der Waals surface area (Å²) >= 11 is 0. The summed E-state index contributed by atoms with van der Waals surface area (Å²) in [5.74, 6) is -1.31. The van der Waals surface area contributed by atoms with Crippen molar-refractivity contribution in [2.45, 2.75) is 6.92 Å². The Morgan fingerprint density at radius 1 is 1.40 bits per heavy atom. The molecule has 1 aliphatic rings. The average Bonchev–Trinajstić information content (AvgIpc) is 2.36. The number of allylic oxidation sites excluding steroid dienone is 1. The average molecular weight is 275 g/mol. The first-order valence-electron chi connectivity index (χ1n) is 6.39. The van der Waals surface area contributed by atoms with Gasteiger partial charge in [-0.1, -0.05) is 24.8 Å². The second kappa shape index (κ2) is 5.77. The van der Waals surface area contributed by atoms with Crippen LogP contribution in [0.15, 0.2) is 30.8 Å². The standard InChI is InChI=1S/C15H17NO4/c1-10(2)12-5-3-4-6-13(12)20-9-11-7-16(8-11)14(17)15(18)19/h3-6,11H,1,7-9H2,2H3,(H,18,19). The monoisotopic (exact) mass is 275 g/mol. The Morgan fingerprint density at radius 3 is 2.65 bits per heavy atom. The van der Waals surface area contributed by atoms with E-state index in [1.165, 1.54) is 4.90 Å². The van der Waals surface area contributed by atoms with E-state index in [0.717, 1.165) is 16.9 Å². The highest BCUT2D eigenvalue weighted by molar-refractivity contribution is 6.31. The first kappa shape index (κ1) is 14.1. The lowest BCUT2D eigenvalue weighted by atomic mass is 10.0. The third-order valence-corrected chi connectivity index (χ3v) is 3.25. The van der Waals surface area contributed by atoms with Crippen molar-refractivity contribution in [2.75, 3.05) is 19.7 Å². The molecule has 0 spiro atoms. The number of amides is 1. The fourth-order valence-corrected chi connectivity index (χ4v) is 2.13. The second-order valence-electron chi connectivity index (χ2n) is 4.97. The van der Waals surface area contributed by atoms with Crippen molar-refractivity contribution in [1.29, 1.82) is 0 Å². The quantitative estimate of drug-likeness (QED) is 0.848. The molecule has 2 rings (SSSR count). The van der Waals surface area contributed by atoms with E-state index in [-0.39, 0.29) is 5.92 Å². The molecule has 5 heteroatoms. The summed E-state index contributed by atoms with van der Waals surface area (Å²) in [5.41, 5.74) is 1.89. The smallest absolute Gasteiger partial charge is 0.394 e. The number of rotatable bonds is 4. The van der Waals surface area contributed by atoms with Crippen LogP contribution in [0.25, 0.3) is 5.57 Å². The van der Waals surface area contributed by atoms with Gasteiger partial charge in [-0.25, -0.2) is 4.79 Å². The van der Waals surface area contributed by atoms with Crippen LogP contribution in [0.5, 0.6) is 5.75 Å². The third-order valence-electron chi connectivity index (χ3n) is 3.25. The van der Waals surface area contributed by atoms with Crippen LogP contribution in [0.4, 0.5) is 0 Å². The number of para-hydroxylation sites is 1. The van der Waals surface area contributed by atoms with Gasteiger partial charge >= 0.3 is 11.9 Å². The fourth-order valence-electron chi connectivity index (χ4n) is 2.13. The van der Waals surface area contributed by atoms with Crippen LogP contribution in [-0.4, -0.2) is 41.6 Å². The second-order valence-corrected chi connectivity index (χ2v) is 4.97. The molecule has 5 nitrogen and oxygen atoms in total. The third kappa shape index (κ3) is 2.99. The number of likely N-dealkylation sites (tertiary alicyclic amines) is 1. The molecular formula is C15H17NO4. The Balaban J connectivity index is 1.85. The number of carbonyl (C=O) groups is 2. The van der Waals surface area contributed by atoms with E-state index in [0.29, 0.717) is 19.7 Å². The summed E-state index contributed by atoms with van der Waals surface area (Å²) in [5, 5.41) is 8.58. The normalized spacial score (nSPS) is 14.6. The van der Waals surface area contributed by atoms with Gasteiger partial charge in [0.2, 0.25) is 0 Å². The van der Waals surface area contributed by atoms with Gasteiger partial charge in [0.15, 0.2) is 0 Å². The number of benzene rings is 1. The zero-order chi connectivity index (χ0) is 14.7. The number of hydrogen-bond acceptors (Lipinski definition) is 3. The minimum Gasteiger partial charge on any atom is -0.493 e. The van der Waals surface area contributed by atoms with Crippen molar-refractivity contribution in [3.8, 4) is 5.75 Å². The van der Waals surface area contributed by atoms with Crippen molar-refractivity contribution in [3.63, 3.8) is 0 Å². The highest BCUT2D eigenvalue weighted by Crippen LogP contribution is 2.26. The van der Waals surface area contributed by atoms with Crippen LogP contribution in [0, 0.1) is 5.92 Å². The summed E-state index contributed by atoms with van der Waals surface area (Å²) in [4.78, 5) is 23.0. The molecule has 0 aromatic heterocycles. The van der Waals surface area contributed by atoms with Crippen molar-refractivity contribution in [1.82, 2.24) is 4.90 Å². The van der Waals surface area contributed by atoms with Crippen molar-refractivity contribution in [2.24, 2.45) is 5.92 Å². The van der Waals surface area contributed by atoms with Crippen LogP contribution in [0.1, 0.15) is 12.5 Å². The van der Waals surface area contributed by atoms with Gasteiger partial charge in [0.05, 0.1) is 6.61 Å². The van der Waals surface area contributed by atoms with Crippen molar-refractivity contribution in [3.05, 3.63) is 36.4 Å². The zero-order valence-corrected chi connectivity index (χ0v) is 11.3. The van der Waals surface area contributed by atoms with Gasteiger partial charge in [-0.3, -0.25) is 4.79 Å². The Labute approximate surface area is 117 Å². The molecule has 0 unspecified atom stereocenters. The van der Waals surface area contributed by atoms with Gasteiger partial charge in [0, 0.05) is 24.6 Å². The molecule has 1 N–H and O–H groups in total. The van der Waals surface area contributed by atoms with E-state index < -0.39 is 11.9 Å². The zero-order valence-electron chi connectivity index (χ0n) is 11.3. The molecule has 1 fully saturated rings. The van der Waals surface area contributed by atoms with Crippen LogP contribution in [-0.2, 0) is 9.59 Å². The lowest BCUT2D eigenvalue weighted by molar-refractivity contribution is -0.159. The van der Waals surface area contributed by atoms with Gasteiger partial charge in [-0.2, -0.15) is 0 Å². The molecule has 20 heavy (non-hydrogen) atoms.